The minimum atomic E-state index is -4.02. The molecule has 0 aromatic heterocycles. The van der Waals surface area contributed by atoms with Crippen LogP contribution in [0.25, 0.3) is 0 Å². The number of aryl methyl sites for hydroxylation is 1. The molecule has 5 rings (SSSR count). The fourth-order valence-electron chi connectivity index (χ4n) is 5.09. The second kappa shape index (κ2) is 23.1. The van der Waals surface area contributed by atoms with Gasteiger partial charge in [-0.25, -0.2) is 19.6 Å². The fourth-order valence-corrected chi connectivity index (χ4v) is 10.6. The number of hydrogen-bond donors (Lipinski definition) is 1. The van der Waals surface area contributed by atoms with Crippen LogP contribution in [-0.2, 0) is 30.5 Å². The van der Waals surface area contributed by atoms with E-state index in [2.05, 4.69) is 68.2 Å². The van der Waals surface area contributed by atoms with Crippen molar-refractivity contribution in [1.82, 2.24) is 0 Å². The average molecular weight is 851 g/mol. The Balaban J connectivity index is 0.000000526. The van der Waals surface area contributed by atoms with Crippen molar-refractivity contribution >= 4 is 47.2 Å². The zero-order valence-corrected chi connectivity index (χ0v) is 34.2. The summed E-state index contributed by atoms with van der Waals surface area (Å²) in [7, 11) is 1.38. The molecule has 0 radical (unpaired) electrons. The number of benzene rings is 5. The smallest absolute Gasteiger partial charge is 0.496 e. The molecule has 0 saturated heterocycles. The van der Waals surface area contributed by atoms with E-state index in [4.69, 9.17) is 23.5 Å². The number of para-hydroxylation sites is 4. The Hall–Kier alpha value is -3.66. The van der Waals surface area contributed by atoms with E-state index in [1.807, 2.05) is 55.5 Å². The molecule has 0 fully saturated rings. The van der Waals surface area contributed by atoms with Gasteiger partial charge in [-0.05, 0) is 61.9 Å². The maximum atomic E-state index is 10.5. The van der Waals surface area contributed by atoms with Gasteiger partial charge in [0.25, 0.3) is 10.1 Å². The molecule has 1 N–H and O–H groups in total. The van der Waals surface area contributed by atoms with Gasteiger partial charge in [-0.1, -0.05) is 96.7 Å². The number of ether oxygens (including phenoxy) is 4. The van der Waals surface area contributed by atoms with Crippen molar-refractivity contribution in [1.29, 1.82) is 0 Å². The van der Waals surface area contributed by atoms with Gasteiger partial charge in [-0.2, -0.15) is 22.8 Å². The third kappa shape index (κ3) is 12.8. The molecular weight excluding hydrogens is 805 g/mol. The molecule has 0 amide bonds. The fraction of sp³-hybridized carbons (Fsp3) is 0.171. The minimum Gasteiger partial charge on any atom is -0.496 e. The van der Waals surface area contributed by atoms with E-state index in [9.17, 15) is 8.42 Å². The summed E-state index contributed by atoms with van der Waals surface area (Å²) < 4.78 is 52.7. The van der Waals surface area contributed by atoms with Gasteiger partial charge < -0.3 is 18.9 Å². The Morgan fingerprint density at radius 2 is 0.981 bits per heavy atom. The molecule has 0 aliphatic carbocycles. The van der Waals surface area contributed by atoms with Crippen LogP contribution in [0.3, 0.4) is 0 Å². The van der Waals surface area contributed by atoms with E-state index in [0.717, 1.165) is 41.1 Å². The van der Waals surface area contributed by atoms with Gasteiger partial charge in [0.2, 0.25) is 0 Å². The number of methoxy groups -OCH3 is 4. The van der Waals surface area contributed by atoms with Gasteiger partial charge >= 0.3 is 20.4 Å². The van der Waals surface area contributed by atoms with Crippen molar-refractivity contribution < 1.29 is 52.3 Å². The molecule has 5 aromatic carbocycles. The Labute approximate surface area is 326 Å². The number of allylic oxidation sites excluding steroid dienone is 1. The van der Waals surface area contributed by atoms with Crippen molar-refractivity contribution in [2.24, 2.45) is 0 Å². The summed E-state index contributed by atoms with van der Waals surface area (Å²) in [5, 5.41) is 4.81. The van der Waals surface area contributed by atoms with Crippen LogP contribution < -0.4 is 40.2 Å². The zero-order chi connectivity index (χ0) is 37.2. The first kappa shape index (κ1) is 44.5. The van der Waals surface area contributed by atoms with Crippen LogP contribution >= 0.6 is 15.8 Å². The predicted octanol–water partition coefficient (Wildman–Crippen LogP) is 8.08. The molecular formula is C41H46O7P2PdS. The van der Waals surface area contributed by atoms with E-state index < -0.39 is 26.0 Å². The molecule has 0 atom stereocenters. The van der Waals surface area contributed by atoms with Crippen molar-refractivity contribution in [3.05, 3.63) is 153 Å². The zero-order valence-electron chi connectivity index (χ0n) is 30.0. The summed E-state index contributed by atoms with van der Waals surface area (Å²) in [6.45, 7) is 8.34. The summed E-state index contributed by atoms with van der Waals surface area (Å²) in [4.78, 5) is -0.0666. The maximum absolute atomic E-state index is 10.5. The second-order valence-corrected chi connectivity index (χ2v) is 16.5. The topological polar surface area (TPSA) is 91.3 Å². The first-order valence-electron chi connectivity index (χ1n) is 16.0. The van der Waals surface area contributed by atoms with E-state index in [1.54, 1.807) is 40.6 Å². The number of hydrogen-bond acceptors (Lipinski definition) is 6. The first-order valence-corrected chi connectivity index (χ1v) is 20.4. The molecule has 0 unspecified atom stereocenters. The molecule has 7 nitrogen and oxygen atoms in total. The Bertz CT molecular complexity index is 1730. The van der Waals surface area contributed by atoms with Gasteiger partial charge in [0.1, 0.15) is 23.0 Å². The molecule has 0 heterocycles. The third-order valence-electron chi connectivity index (χ3n) is 7.42. The monoisotopic (exact) mass is 850 g/mol. The molecule has 0 aliphatic rings. The standard InChI is InChI=1S/C31H33O4P2.C7H8O3S.C3H5.Pd/c1-32-24-14-5-9-18-28(24)36(29-19-10-6-15-25(29)33-2)22-13-23-37(30-20-11-7-16-26(30)34-3)31-21-12-8-17-27(31)35-4;1-6-2-4-7(5-3-6)11(8,9)10;1-3-2;/h5-12,14-22H,13,23H2,1-4H3;2-5H,1H3,(H,8,9,10);3H,1-2H2;/q-1;;-1;+2. The van der Waals surface area contributed by atoms with Gasteiger partial charge in [0.15, 0.2) is 0 Å². The molecule has 5 aromatic rings. The summed E-state index contributed by atoms with van der Waals surface area (Å²) in [5.41, 5.74) is 0.956. The maximum Gasteiger partial charge on any atom is 2.00 e. The van der Waals surface area contributed by atoms with Crippen molar-refractivity contribution in [2.45, 2.75) is 18.2 Å². The van der Waals surface area contributed by atoms with Crippen LogP contribution in [0.5, 0.6) is 23.0 Å². The molecule has 52 heavy (non-hydrogen) atoms. The second-order valence-electron chi connectivity index (χ2n) is 10.8. The SMILES string of the molecule is C=C[CH2-].COc1ccccc1P([CH-]CCP(c1ccccc1OC)c1ccccc1OC)c1ccccc1OC.Cc1ccc(S(=O)(=O)O)cc1.[Pd+2]. The van der Waals surface area contributed by atoms with Gasteiger partial charge in [-0.15, -0.1) is 0 Å². The molecule has 11 heteroatoms. The first-order chi connectivity index (χ1) is 24.6. The average Bonchev–Trinajstić information content (AvgIpc) is 3.15. The van der Waals surface area contributed by atoms with Crippen LogP contribution in [0.1, 0.15) is 12.0 Å². The molecule has 0 aliphatic heterocycles. The summed E-state index contributed by atoms with van der Waals surface area (Å²) in [6.07, 6.45) is 5.81. The number of rotatable bonds is 13. The van der Waals surface area contributed by atoms with Crippen LogP contribution in [0.2, 0.25) is 0 Å². The van der Waals surface area contributed by atoms with E-state index in [0.29, 0.717) is 0 Å². The minimum absolute atomic E-state index is 0. The third-order valence-corrected chi connectivity index (χ3v) is 13.3. The van der Waals surface area contributed by atoms with Gasteiger partial charge in [0.05, 0.1) is 33.3 Å². The normalized spacial score (nSPS) is 10.5. The van der Waals surface area contributed by atoms with Crippen molar-refractivity contribution in [2.75, 3.05) is 34.6 Å². The Morgan fingerprint density at radius 3 is 1.33 bits per heavy atom. The molecule has 0 saturated carbocycles. The van der Waals surface area contributed by atoms with Crippen molar-refractivity contribution in [3.63, 3.8) is 0 Å². The largest absolute Gasteiger partial charge is 2.00 e. The summed E-state index contributed by atoms with van der Waals surface area (Å²) >= 11 is 0. The van der Waals surface area contributed by atoms with Crippen LogP contribution in [0.15, 0.2) is 139 Å². The van der Waals surface area contributed by atoms with Crippen LogP contribution in [-0.4, -0.2) is 47.6 Å². The van der Waals surface area contributed by atoms with E-state index in [1.165, 1.54) is 39.4 Å². The van der Waals surface area contributed by atoms with E-state index in [-0.39, 0.29) is 25.3 Å². The van der Waals surface area contributed by atoms with Crippen LogP contribution in [0, 0.1) is 20.0 Å². The Kier molecular flexibility index (Phi) is 19.8. The molecule has 0 spiro atoms. The summed E-state index contributed by atoms with van der Waals surface area (Å²) in [6, 6.07) is 39.2. The van der Waals surface area contributed by atoms with E-state index >= 15 is 0 Å². The molecule has 0 bridgehead atoms. The van der Waals surface area contributed by atoms with Gasteiger partial charge in [0, 0.05) is 10.6 Å². The quantitative estimate of drug-likeness (QED) is 0.0555. The predicted molar refractivity (Wildman–Crippen MR) is 215 cm³/mol. The molecule has 278 valence electrons. The van der Waals surface area contributed by atoms with Crippen molar-refractivity contribution in [3.8, 4) is 23.0 Å². The summed E-state index contributed by atoms with van der Waals surface area (Å²) in [5.74, 6) is 3.62. The Morgan fingerprint density at radius 1 is 0.654 bits per heavy atom. The van der Waals surface area contributed by atoms with Crippen LogP contribution in [0.4, 0.5) is 0 Å². The van der Waals surface area contributed by atoms with Gasteiger partial charge in [-0.3, -0.25) is 10.7 Å².